The number of amides is 2. The lowest BCUT2D eigenvalue weighted by Gasteiger charge is -2.21. The molecular formula is C17H27N3O5. The zero-order valence-corrected chi connectivity index (χ0v) is 15.2. The van der Waals surface area contributed by atoms with Crippen LogP contribution in [0, 0.1) is 5.92 Å². The molecule has 0 aliphatic heterocycles. The second-order valence-electron chi connectivity index (χ2n) is 5.65. The Kier molecular flexibility index (Phi) is 9.31. The van der Waals surface area contributed by atoms with Crippen molar-refractivity contribution < 1.29 is 23.8 Å². The van der Waals surface area contributed by atoms with Crippen molar-refractivity contribution in [2.24, 2.45) is 5.92 Å². The minimum Gasteiger partial charge on any atom is -0.475 e. The van der Waals surface area contributed by atoms with Gasteiger partial charge in [-0.3, -0.25) is 4.79 Å². The van der Waals surface area contributed by atoms with Gasteiger partial charge in [-0.05, 0) is 18.4 Å². The molecule has 1 atom stereocenters. The fourth-order valence-electron chi connectivity index (χ4n) is 1.96. The Bertz CT molecular complexity index is 534. The van der Waals surface area contributed by atoms with Gasteiger partial charge in [0, 0.05) is 25.9 Å². The van der Waals surface area contributed by atoms with E-state index in [4.69, 9.17) is 14.2 Å². The predicted octanol–water partition coefficient (Wildman–Crippen LogP) is 1.49. The molecule has 0 aliphatic carbocycles. The summed E-state index contributed by atoms with van der Waals surface area (Å²) >= 11 is 0. The number of nitrogens with zero attached hydrogens (tertiary/aromatic N) is 1. The van der Waals surface area contributed by atoms with E-state index < -0.39 is 12.1 Å². The molecule has 8 heteroatoms. The molecule has 1 heterocycles. The first kappa shape index (κ1) is 20.7. The standard InChI is InChI=1S/C17H27N3O5/c1-5-24-17(22)20-15(12(2)3)16(21)19-11-13-6-7-14(18-10-13)25-9-8-23-4/h6-7,10,12,15H,5,8-9,11H2,1-4H3,(H,19,21)(H,20,22). The van der Waals surface area contributed by atoms with E-state index in [9.17, 15) is 9.59 Å². The number of hydrogen-bond acceptors (Lipinski definition) is 6. The lowest BCUT2D eigenvalue weighted by atomic mass is 10.0. The highest BCUT2D eigenvalue weighted by Gasteiger charge is 2.24. The van der Waals surface area contributed by atoms with Crippen LogP contribution in [0.25, 0.3) is 0 Å². The highest BCUT2D eigenvalue weighted by molar-refractivity contribution is 5.85. The lowest BCUT2D eigenvalue weighted by Crippen LogP contribution is -2.49. The minimum atomic E-state index is -0.663. The average molecular weight is 353 g/mol. The molecule has 1 aromatic heterocycles. The summed E-state index contributed by atoms with van der Waals surface area (Å²) in [6.45, 7) is 6.88. The van der Waals surface area contributed by atoms with Crippen LogP contribution in [-0.2, 0) is 20.8 Å². The molecule has 0 saturated heterocycles. The zero-order valence-electron chi connectivity index (χ0n) is 15.2. The third-order valence-corrected chi connectivity index (χ3v) is 3.30. The van der Waals surface area contributed by atoms with Gasteiger partial charge in [0.2, 0.25) is 11.8 Å². The number of carbonyl (C=O) groups is 2. The van der Waals surface area contributed by atoms with Gasteiger partial charge >= 0.3 is 6.09 Å². The normalized spacial score (nSPS) is 11.7. The summed E-state index contributed by atoms with van der Waals surface area (Å²) in [5.41, 5.74) is 0.825. The Morgan fingerprint density at radius 3 is 2.56 bits per heavy atom. The first-order valence-corrected chi connectivity index (χ1v) is 8.25. The smallest absolute Gasteiger partial charge is 0.407 e. The molecular weight excluding hydrogens is 326 g/mol. The topological polar surface area (TPSA) is 98.8 Å². The van der Waals surface area contributed by atoms with Crippen molar-refractivity contribution in [3.05, 3.63) is 23.9 Å². The lowest BCUT2D eigenvalue weighted by molar-refractivity contribution is -0.124. The van der Waals surface area contributed by atoms with Crippen molar-refractivity contribution >= 4 is 12.0 Å². The van der Waals surface area contributed by atoms with Crippen molar-refractivity contribution in [3.63, 3.8) is 0 Å². The molecule has 0 aromatic carbocycles. The van der Waals surface area contributed by atoms with Crippen molar-refractivity contribution in [2.75, 3.05) is 26.9 Å². The Hall–Kier alpha value is -2.35. The number of hydrogen-bond donors (Lipinski definition) is 2. The molecule has 1 unspecified atom stereocenters. The Morgan fingerprint density at radius 1 is 1.24 bits per heavy atom. The van der Waals surface area contributed by atoms with Crippen molar-refractivity contribution in [3.8, 4) is 5.88 Å². The fourth-order valence-corrected chi connectivity index (χ4v) is 1.96. The molecule has 1 aromatic rings. The van der Waals surface area contributed by atoms with Crippen LogP contribution >= 0.6 is 0 Å². The second kappa shape index (κ2) is 11.2. The predicted molar refractivity (Wildman–Crippen MR) is 92.2 cm³/mol. The Balaban J connectivity index is 2.51. The Morgan fingerprint density at radius 2 is 2.00 bits per heavy atom. The van der Waals surface area contributed by atoms with Crippen molar-refractivity contribution in [1.29, 1.82) is 0 Å². The first-order chi connectivity index (χ1) is 12.0. The number of rotatable bonds is 10. The third kappa shape index (κ3) is 7.84. The van der Waals surface area contributed by atoms with Crippen LogP contribution in [0.1, 0.15) is 26.3 Å². The SMILES string of the molecule is CCOC(=O)NC(C(=O)NCc1ccc(OCCOC)nc1)C(C)C. The van der Waals surface area contributed by atoms with E-state index in [1.54, 1.807) is 26.3 Å². The number of aromatic nitrogens is 1. The summed E-state index contributed by atoms with van der Waals surface area (Å²) in [4.78, 5) is 28.0. The molecule has 140 valence electrons. The summed E-state index contributed by atoms with van der Waals surface area (Å²) in [6, 6.07) is 2.88. The molecule has 0 aliphatic rings. The monoisotopic (exact) mass is 353 g/mol. The van der Waals surface area contributed by atoms with Gasteiger partial charge in [0.1, 0.15) is 12.6 Å². The molecule has 1 rings (SSSR count). The van der Waals surface area contributed by atoms with Crippen molar-refractivity contribution in [1.82, 2.24) is 15.6 Å². The number of methoxy groups -OCH3 is 1. The number of ether oxygens (including phenoxy) is 3. The summed E-state index contributed by atoms with van der Waals surface area (Å²) in [7, 11) is 1.60. The van der Waals surface area contributed by atoms with E-state index in [0.717, 1.165) is 5.56 Å². The summed E-state index contributed by atoms with van der Waals surface area (Å²) in [6.07, 6.45) is 1.03. The average Bonchev–Trinajstić information content (AvgIpc) is 2.59. The van der Waals surface area contributed by atoms with E-state index in [-0.39, 0.29) is 18.4 Å². The number of pyridine rings is 1. The fraction of sp³-hybridized carbons (Fsp3) is 0.588. The van der Waals surface area contributed by atoms with Crippen LogP contribution < -0.4 is 15.4 Å². The molecule has 8 nitrogen and oxygen atoms in total. The minimum absolute atomic E-state index is 0.0703. The highest BCUT2D eigenvalue weighted by Crippen LogP contribution is 2.08. The van der Waals surface area contributed by atoms with Crippen LogP contribution in [0.5, 0.6) is 5.88 Å². The summed E-state index contributed by atoms with van der Waals surface area (Å²) in [5.74, 6) is 0.152. The Labute approximate surface area is 148 Å². The number of nitrogens with one attached hydrogen (secondary N) is 2. The highest BCUT2D eigenvalue weighted by atomic mass is 16.5. The van der Waals surface area contributed by atoms with E-state index >= 15 is 0 Å². The van der Waals surface area contributed by atoms with Crippen molar-refractivity contribution in [2.45, 2.75) is 33.4 Å². The quantitative estimate of drug-likeness (QED) is 0.619. The summed E-state index contributed by atoms with van der Waals surface area (Å²) in [5, 5.41) is 5.36. The van der Waals surface area contributed by atoms with Crippen LogP contribution in [0.2, 0.25) is 0 Å². The molecule has 0 bridgehead atoms. The molecule has 2 N–H and O–H groups in total. The molecule has 25 heavy (non-hydrogen) atoms. The van der Waals surface area contributed by atoms with Gasteiger partial charge < -0.3 is 24.8 Å². The van der Waals surface area contributed by atoms with E-state index in [1.807, 2.05) is 19.9 Å². The number of carbonyl (C=O) groups excluding carboxylic acids is 2. The number of alkyl carbamates (subject to hydrolysis) is 1. The van der Waals surface area contributed by atoms with Gasteiger partial charge in [0.15, 0.2) is 0 Å². The van der Waals surface area contributed by atoms with E-state index in [1.165, 1.54) is 0 Å². The van der Waals surface area contributed by atoms with Crippen LogP contribution in [0.3, 0.4) is 0 Å². The molecule has 2 amide bonds. The molecule has 0 fully saturated rings. The molecule has 0 spiro atoms. The maximum Gasteiger partial charge on any atom is 0.407 e. The van der Waals surface area contributed by atoms with Crippen LogP contribution in [0.4, 0.5) is 4.79 Å². The van der Waals surface area contributed by atoms with Gasteiger partial charge in [0.25, 0.3) is 0 Å². The largest absolute Gasteiger partial charge is 0.475 e. The molecule has 0 saturated carbocycles. The summed E-state index contributed by atoms with van der Waals surface area (Å²) < 4.78 is 15.1. The van der Waals surface area contributed by atoms with Gasteiger partial charge in [-0.1, -0.05) is 19.9 Å². The van der Waals surface area contributed by atoms with Crippen LogP contribution in [-0.4, -0.2) is 50.0 Å². The van der Waals surface area contributed by atoms with Gasteiger partial charge in [0.05, 0.1) is 13.2 Å². The molecule has 0 radical (unpaired) electrons. The van der Waals surface area contributed by atoms with Gasteiger partial charge in [-0.25, -0.2) is 9.78 Å². The van der Waals surface area contributed by atoms with E-state index in [0.29, 0.717) is 25.6 Å². The third-order valence-electron chi connectivity index (χ3n) is 3.30. The van der Waals surface area contributed by atoms with Gasteiger partial charge in [-0.2, -0.15) is 0 Å². The first-order valence-electron chi connectivity index (χ1n) is 8.25. The zero-order chi connectivity index (χ0) is 18.7. The second-order valence-corrected chi connectivity index (χ2v) is 5.65. The van der Waals surface area contributed by atoms with Gasteiger partial charge in [-0.15, -0.1) is 0 Å². The maximum absolute atomic E-state index is 12.3. The van der Waals surface area contributed by atoms with E-state index in [2.05, 4.69) is 15.6 Å². The van der Waals surface area contributed by atoms with Crippen LogP contribution in [0.15, 0.2) is 18.3 Å². The maximum atomic E-state index is 12.3.